The minimum absolute atomic E-state index is 0.265. The Labute approximate surface area is 158 Å². The Hall–Kier alpha value is -2.86. The summed E-state index contributed by atoms with van der Waals surface area (Å²) in [7, 11) is 0. The van der Waals surface area contributed by atoms with Crippen LogP contribution in [0, 0.1) is 0 Å². The molecular weight excluding hydrogens is 338 g/mol. The van der Waals surface area contributed by atoms with Crippen molar-refractivity contribution in [2.75, 3.05) is 18.5 Å². The molecule has 1 aliphatic heterocycles. The molecule has 1 N–H and O–H groups in total. The van der Waals surface area contributed by atoms with E-state index in [1.165, 1.54) is 5.57 Å². The van der Waals surface area contributed by atoms with Crippen molar-refractivity contribution in [3.63, 3.8) is 0 Å². The van der Waals surface area contributed by atoms with Gasteiger partial charge in [-0.25, -0.2) is 4.98 Å². The van der Waals surface area contributed by atoms with Crippen LogP contribution in [-0.2, 0) is 4.74 Å². The summed E-state index contributed by atoms with van der Waals surface area (Å²) in [6.45, 7) is 5.78. The molecule has 0 saturated carbocycles. The van der Waals surface area contributed by atoms with Gasteiger partial charge in [0, 0.05) is 23.8 Å². The topological polar surface area (TPSA) is 72.8 Å². The van der Waals surface area contributed by atoms with Crippen LogP contribution in [0.15, 0.2) is 42.4 Å². The van der Waals surface area contributed by atoms with Crippen molar-refractivity contribution in [2.24, 2.45) is 0 Å². The molecule has 27 heavy (non-hydrogen) atoms. The van der Waals surface area contributed by atoms with Crippen LogP contribution in [-0.4, -0.2) is 39.4 Å². The Kier molecular flexibility index (Phi) is 5.07. The van der Waals surface area contributed by atoms with Gasteiger partial charge in [-0.2, -0.15) is 5.10 Å². The highest BCUT2D eigenvalue weighted by molar-refractivity contribution is 6.00. The van der Waals surface area contributed by atoms with Crippen LogP contribution < -0.4 is 5.32 Å². The zero-order valence-corrected chi connectivity index (χ0v) is 15.6. The quantitative estimate of drug-likeness (QED) is 0.754. The molecule has 0 radical (unpaired) electrons. The molecule has 138 valence electrons. The average Bonchev–Trinajstić information content (AvgIpc) is 2.68. The van der Waals surface area contributed by atoms with Crippen molar-refractivity contribution in [1.82, 2.24) is 20.2 Å². The van der Waals surface area contributed by atoms with Crippen LogP contribution in [0.2, 0.25) is 0 Å². The lowest BCUT2D eigenvalue weighted by Crippen LogP contribution is -2.12. The smallest absolute Gasteiger partial charge is 0.136 e. The van der Waals surface area contributed by atoms with Gasteiger partial charge in [-0.3, -0.25) is 4.98 Å². The summed E-state index contributed by atoms with van der Waals surface area (Å²) in [6.07, 6.45) is 9.58. The van der Waals surface area contributed by atoms with Crippen LogP contribution in [0.25, 0.3) is 28.2 Å². The largest absolute Gasteiger partial charge is 0.381 e. The molecule has 0 aliphatic carbocycles. The molecule has 3 aromatic rings. The minimum atomic E-state index is 0.265. The van der Waals surface area contributed by atoms with E-state index in [0.29, 0.717) is 0 Å². The van der Waals surface area contributed by atoms with E-state index in [1.54, 1.807) is 12.4 Å². The molecule has 0 unspecified atom stereocenters. The molecule has 0 bridgehead atoms. The molecule has 1 fully saturated rings. The Bertz CT molecular complexity index is 970. The van der Waals surface area contributed by atoms with E-state index >= 15 is 0 Å². The van der Waals surface area contributed by atoms with Gasteiger partial charge in [0.2, 0.25) is 0 Å². The number of nitrogens with one attached hydrogen (secondary N) is 1. The number of pyridine rings is 2. The third-order valence-corrected chi connectivity index (χ3v) is 4.53. The number of hydrogen-bond donors (Lipinski definition) is 1. The van der Waals surface area contributed by atoms with Crippen LogP contribution in [0.1, 0.15) is 32.3 Å². The Balaban J connectivity index is 1.79. The average molecular weight is 361 g/mol. The molecule has 0 aromatic carbocycles. The van der Waals surface area contributed by atoms with Gasteiger partial charge < -0.3 is 10.1 Å². The highest BCUT2D eigenvalue weighted by Crippen LogP contribution is 2.30. The summed E-state index contributed by atoms with van der Waals surface area (Å²) in [5.41, 5.74) is 4.08. The first-order valence-corrected chi connectivity index (χ1v) is 9.31. The van der Waals surface area contributed by atoms with Crippen LogP contribution >= 0.6 is 0 Å². The van der Waals surface area contributed by atoms with Crippen molar-refractivity contribution < 1.29 is 4.74 Å². The van der Waals surface area contributed by atoms with Gasteiger partial charge in [-0.15, -0.1) is 5.10 Å². The van der Waals surface area contributed by atoms with E-state index in [4.69, 9.17) is 4.74 Å². The van der Waals surface area contributed by atoms with Crippen LogP contribution in [0.3, 0.4) is 0 Å². The molecule has 1 aliphatic rings. The van der Waals surface area contributed by atoms with E-state index in [-0.39, 0.29) is 6.04 Å². The normalized spacial score (nSPS) is 14.6. The van der Waals surface area contributed by atoms with Crippen molar-refractivity contribution in [2.45, 2.75) is 32.7 Å². The Morgan fingerprint density at radius 1 is 1.11 bits per heavy atom. The second-order valence-electron chi connectivity index (χ2n) is 7.01. The van der Waals surface area contributed by atoms with Gasteiger partial charge in [0.15, 0.2) is 0 Å². The third-order valence-electron chi connectivity index (χ3n) is 4.53. The van der Waals surface area contributed by atoms with Crippen LogP contribution in [0.4, 0.5) is 5.82 Å². The fourth-order valence-electron chi connectivity index (χ4n) is 3.27. The van der Waals surface area contributed by atoms with Crippen molar-refractivity contribution in [1.29, 1.82) is 0 Å². The molecule has 0 spiro atoms. The summed E-state index contributed by atoms with van der Waals surface area (Å²) in [5, 5.41) is 13.9. The lowest BCUT2D eigenvalue weighted by atomic mass is 10.0. The fourth-order valence-corrected chi connectivity index (χ4v) is 3.27. The summed E-state index contributed by atoms with van der Waals surface area (Å²) in [4.78, 5) is 9.08. The molecular formula is C21H23N5O. The van der Waals surface area contributed by atoms with E-state index in [1.807, 2.05) is 18.3 Å². The standard InChI is InChI=1S/C21H23N5O/c1-14(2)25-21-19-17(4-8-23-21)13-24-26-20(19)18-12-16(3-7-22-18)11-15-5-9-27-10-6-15/h3-4,7-8,11-14H,5-6,9-10H2,1-2H3,(H,23,25). The van der Waals surface area contributed by atoms with Gasteiger partial charge in [-0.1, -0.05) is 11.6 Å². The molecule has 1 saturated heterocycles. The van der Waals surface area contributed by atoms with Gasteiger partial charge in [0.1, 0.15) is 11.5 Å². The van der Waals surface area contributed by atoms with Crippen LogP contribution in [0.5, 0.6) is 0 Å². The van der Waals surface area contributed by atoms with E-state index in [0.717, 1.165) is 59.6 Å². The van der Waals surface area contributed by atoms with Crippen molar-refractivity contribution >= 4 is 22.7 Å². The Morgan fingerprint density at radius 3 is 2.74 bits per heavy atom. The maximum atomic E-state index is 5.44. The molecule has 4 rings (SSSR count). The number of aromatic nitrogens is 4. The molecule has 0 atom stereocenters. The highest BCUT2D eigenvalue weighted by atomic mass is 16.5. The summed E-state index contributed by atoms with van der Waals surface area (Å²) >= 11 is 0. The number of anilines is 1. The zero-order valence-electron chi connectivity index (χ0n) is 15.6. The molecule has 0 amide bonds. The highest BCUT2D eigenvalue weighted by Gasteiger charge is 2.14. The van der Waals surface area contributed by atoms with Crippen molar-refractivity contribution in [3.05, 3.63) is 47.9 Å². The first kappa shape index (κ1) is 17.5. The van der Waals surface area contributed by atoms with E-state index in [9.17, 15) is 0 Å². The third kappa shape index (κ3) is 3.95. The summed E-state index contributed by atoms with van der Waals surface area (Å²) in [6, 6.07) is 6.31. The zero-order chi connectivity index (χ0) is 18.6. The van der Waals surface area contributed by atoms with E-state index in [2.05, 4.69) is 51.5 Å². The second-order valence-corrected chi connectivity index (χ2v) is 7.01. The summed E-state index contributed by atoms with van der Waals surface area (Å²) in [5.74, 6) is 0.808. The SMILES string of the molecule is CC(C)Nc1nccc2cnnc(-c3cc(C=C4CCOCC4)ccn3)c12. The maximum Gasteiger partial charge on any atom is 0.136 e. The summed E-state index contributed by atoms with van der Waals surface area (Å²) < 4.78 is 5.44. The first-order chi connectivity index (χ1) is 13.2. The molecule has 3 aromatic heterocycles. The fraction of sp³-hybridized carbons (Fsp3) is 0.333. The van der Waals surface area contributed by atoms with Gasteiger partial charge >= 0.3 is 0 Å². The maximum absolute atomic E-state index is 5.44. The lowest BCUT2D eigenvalue weighted by molar-refractivity contribution is 0.119. The predicted molar refractivity (Wildman–Crippen MR) is 107 cm³/mol. The predicted octanol–water partition coefficient (Wildman–Crippen LogP) is 4.10. The van der Waals surface area contributed by atoms with E-state index < -0.39 is 0 Å². The van der Waals surface area contributed by atoms with Gasteiger partial charge in [0.25, 0.3) is 0 Å². The molecule has 4 heterocycles. The molecule has 6 heteroatoms. The second kappa shape index (κ2) is 7.80. The number of rotatable bonds is 4. The Morgan fingerprint density at radius 2 is 1.93 bits per heavy atom. The first-order valence-electron chi connectivity index (χ1n) is 9.31. The number of nitrogens with zero attached hydrogens (tertiary/aromatic N) is 4. The number of hydrogen-bond acceptors (Lipinski definition) is 6. The van der Waals surface area contributed by atoms with Crippen molar-refractivity contribution in [3.8, 4) is 11.4 Å². The number of ether oxygens (including phenoxy) is 1. The minimum Gasteiger partial charge on any atom is -0.381 e. The van der Waals surface area contributed by atoms with Gasteiger partial charge in [0.05, 0.1) is 30.5 Å². The van der Waals surface area contributed by atoms with Gasteiger partial charge in [-0.05, 0) is 50.5 Å². The lowest BCUT2D eigenvalue weighted by Gasteiger charge is -2.15. The number of fused-ring (bicyclic) bond motifs is 1. The molecule has 6 nitrogen and oxygen atoms in total. The monoisotopic (exact) mass is 361 g/mol.